The van der Waals surface area contributed by atoms with E-state index in [1.54, 1.807) is 6.07 Å². The van der Waals surface area contributed by atoms with Crippen molar-refractivity contribution in [3.8, 4) is 0 Å². The van der Waals surface area contributed by atoms with Gasteiger partial charge in [0.2, 0.25) is 0 Å². The molecule has 2 aromatic carbocycles. The van der Waals surface area contributed by atoms with Crippen LogP contribution in [-0.2, 0) is 6.42 Å². The minimum atomic E-state index is -0.615. The van der Waals surface area contributed by atoms with Gasteiger partial charge in [0.25, 0.3) is 5.69 Å². The molecule has 2 rings (SSSR count). The Labute approximate surface area is 119 Å². The van der Waals surface area contributed by atoms with Gasteiger partial charge in [-0.25, -0.2) is 4.39 Å². The lowest BCUT2D eigenvalue weighted by molar-refractivity contribution is -0.384. The van der Waals surface area contributed by atoms with Gasteiger partial charge in [-0.3, -0.25) is 14.9 Å². The molecule has 20 heavy (non-hydrogen) atoms. The van der Waals surface area contributed by atoms with Crippen LogP contribution in [0.4, 0.5) is 10.1 Å². The number of rotatable bonds is 4. The summed E-state index contributed by atoms with van der Waals surface area (Å²) in [5.41, 5.74) is 0.00970. The zero-order valence-electron chi connectivity index (χ0n) is 10.2. The van der Waals surface area contributed by atoms with E-state index in [1.165, 1.54) is 30.3 Å². The topological polar surface area (TPSA) is 60.2 Å². The molecule has 0 atom stereocenters. The summed E-state index contributed by atoms with van der Waals surface area (Å²) in [6.07, 6.45) is -0.201. The van der Waals surface area contributed by atoms with Gasteiger partial charge in [-0.15, -0.1) is 0 Å². The molecule has 102 valence electrons. The molecule has 0 heterocycles. The normalized spacial score (nSPS) is 10.3. The number of non-ortho nitro benzene ring substituents is 1. The molecule has 0 aliphatic rings. The fraction of sp³-hybridized carbons (Fsp3) is 0.0714. The first-order valence-corrected chi connectivity index (χ1v) is 6.07. The molecular weight excluding hydrogens is 285 g/mol. The van der Waals surface area contributed by atoms with E-state index in [0.29, 0.717) is 0 Å². The maximum absolute atomic E-state index is 13.5. The molecule has 0 spiro atoms. The van der Waals surface area contributed by atoms with Crippen molar-refractivity contribution in [2.45, 2.75) is 6.42 Å². The predicted molar refractivity (Wildman–Crippen MR) is 72.5 cm³/mol. The second-order valence-electron chi connectivity index (χ2n) is 4.11. The largest absolute Gasteiger partial charge is 0.294 e. The van der Waals surface area contributed by atoms with Gasteiger partial charge >= 0.3 is 0 Å². The minimum absolute atomic E-state index is 0.0177. The zero-order chi connectivity index (χ0) is 14.7. The van der Waals surface area contributed by atoms with Gasteiger partial charge < -0.3 is 0 Å². The Morgan fingerprint density at radius 1 is 1.25 bits per heavy atom. The highest BCUT2D eigenvalue weighted by atomic mass is 35.5. The number of carbonyl (C=O) groups is 1. The van der Waals surface area contributed by atoms with Crippen molar-refractivity contribution in [2.75, 3.05) is 0 Å². The van der Waals surface area contributed by atoms with Crippen molar-refractivity contribution in [2.24, 2.45) is 0 Å². The molecule has 4 nitrogen and oxygen atoms in total. The standard InChI is InChI=1S/C14H9ClFNO3/c15-12-6-5-10(17(19)20)8-11(12)14(18)7-9-3-1-2-4-13(9)16/h1-6,8H,7H2. The molecule has 0 aromatic heterocycles. The van der Waals surface area contributed by atoms with E-state index in [-0.39, 0.29) is 28.3 Å². The number of hydrogen-bond acceptors (Lipinski definition) is 3. The van der Waals surface area contributed by atoms with Gasteiger partial charge in [-0.1, -0.05) is 29.8 Å². The summed E-state index contributed by atoms with van der Waals surface area (Å²) >= 11 is 5.86. The number of nitro groups is 1. The Balaban J connectivity index is 2.32. The fourth-order valence-corrected chi connectivity index (χ4v) is 1.97. The summed E-state index contributed by atoms with van der Waals surface area (Å²) < 4.78 is 13.5. The highest BCUT2D eigenvalue weighted by Gasteiger charge is 2.17. The number of nitro benzene ring substituents is 1. The SMILES string of the molecule is O=C(Cc1ccccc1F)c1cc([N+](=O)[O-])ccc1Cl. The summed E-state index contributed by atoms with van der Waals surface area (Å²) in [5, 5.41) is 10.8. The van der Waals surface area contributed by atoms with E-state index in [4.69, 9.17) is 11.6 Å². The minimum Gasteiger partial charge on any atom is -0.294 e. The Bertz CT molecular complexity index is 688. The number of carbonyl (C=O) groups excluding carboxylic acids is 1. The van der Waals surface area contributed by atoms with Crippen LogP contribution in [0.1, 0.15) is 15.9 Å². The predicted octanol–water partition coefficient (Wildman–Crippen LogP) is 3.81. The number of Topliss-reactive ketones (excluding diaryl/α,β-unsaturated/α-hetero) is 1. The van der Waals surface area contributed by atoms with Gasteiger partial charge in [-0.2, -0.15) is 0 Å². The van der Waals surface area contributed by atoms with E-state index in [2.05, 4.69) is 0 Å². The Kier molecular flexibility index (Phi) is 4.10. The molecule has 0 saturated heterocycles. The van der Waals surface area contributed by atoms with Crippen molar-refractivity contribution in [3.63, 3.8) is 0 Å². The summed E-state index contributed by atoms with van der Waals surface area (Å²) in [5.74, 6) is -0.966. The van der Waals surface area contributed by atoms with Crippen LogP contribution in [0, 0.1) is 15.9 Å². The van der Waals surface area contributed by atoms with Crippen LogP contribution in [0.3, 0.4) is 0 Å². The molecule has 0 aliphatic heterocycles. The third-order valence-corrected chi connectivity index (χ3v) is 3.10. The number of benzene rings is 2. The smallest absolute Gasteiger partial charge is 0.270 e. The molecule has 0 amide bonds. The highest BCUT2D eigenvalue weighted by Crippen LogP contribution is 2.24. The van der Waals surface area contributed by atoms with Crippen molar-refractivity contribution >= 4 is 23.1 Å². The van der Waals surface area contributed by atoms with Gasteiger partial charge in [0.05, 0.1) is 9.95 Å². The molecule has 6 heteroatoms. The molecular formula is C14H9ClFNO3. The molecule has 0 aliphatic carbocycles. The van der Waals surface area contributed by atoms with Crippen LogP contribution < -0.4 is 0 Å². The van der Waals surface area contributed by atoms with Gasteiger partial charge in [0.1, 0.15) is 5.82 Å². The first-order valence-electron chi connectivity index (χ1n) is 5.69. The average Bonchev–Trinajstić information content (AvgIpc) is 2.41. The Morgan fingerprint density at radius 2 is 1.95 bits per heavy atom. The molecule has 0 fully saturated rings. The Morgan fingerprint density at radius 3 is 2.60 bits per heavy atom. The van der Waals surface area contributed by atoms with Crippen molar-refractivity contribution in [3.05, 3.63) is 74.5 Å². The van der Waals surface area contributed by atoms with E-state index in [9.17, 15) is 19.3 Å². The number of ketones is 1. The van der Waals surface area contributed by atoms with Crippen molar-refractivity contribution in [1.82, 2.24) is 0 Å². The third kappa shape index (κ3) is 3.00. The molecule has 0 bridgehead atoms. The molecule has 0 unspecified atom stereocenters. The highest BCUT2D eigenvalue weighted by molar-refractivity contribution is 6.34. The van der Waals surface area contributed by atoms with Crippen LogP contribution in [0.15, 0.2) is 42.5 Å². The number of hydrogen-bond donors (Lipinski definition) is 0. The Hall–Kier alpha value is -2.27. The van der Waals surface area contributed by atoms with Gasteiger partial charge in [-0.05, 0) is 17.7 Å². The monoisotopic (exact) mass is 293 g/mol. The van der Waals surface area contributed by atoms with Crippen LogP contribution in [0.25, 0.3) is 0 Å². The van der Waals surface area contributed by atoms with Crippen molar-refractivity contribution in [1.29, 1.82) is 0 Å². The van der Waals surface area contributed by atoms with Crippen molar-refractivity contribution < 1.29 is 14.1 Å². The molecule has 0 N–H and O–H groups in total. The van der Waals surface area contributed by atoms with E-state index in [1.807, 2.05) is 0 Å². The van der Waals surface area contributed by atoms with E-state index in [0.717, 1.165) is 6.07 Å². The summed E-state index contributed by atoms with van der Waals surface area (Å²) in [7, 11) is 0. The lowest BCUT2D eigenvalue weighted by atomic mass is 10.0. The van der Waals surface area contributed by atoms with E-state index < -0.39 is 16.5 Å². The van der Waals surface area contributed by atoms with Gasteiger partial charge in [0.15, 0.2) is 5.78 Å². The van der Waals surface area contributed by atoms with Gasteiger partial charge in [0, 0.05) is 24.1 Å². The molecule has 2 aromatic rings. The zero-order valence-corrected chi connectivity index (χ0v) is 10.9. The maximum atomic E-state index is 13.5. The lowest BCUT2D eigenvalue weighted by Gasteiger charge is -2.05. The second kappa shape index (κ2) is 5.79. The van der Waals surface area contributed by atoms with Crippen LogP contribution in [0.5, 0.6) is 0 Å². The average molecular weight is 294 g/mol. The first-order chi connectivity index (χ1) is 9.49. The first kappa shape index (κ1) is 14.1. The molecule has 0 radical (unpaired) electrons. The lowest BCUT2D eigenvalue weighted by Crippen LogP contribution is -2.06. The molecule has 0 saturated carbocycles. The third-order valence-electron chi connectivity index (χ3n) is 2.77. The summed E-state index contributed by atoms with van der Waals surface area (Å²) in [6, 6.07) is 9.46. The van der Waals surface area contributed by atoms with E-state index >= 15 is 0 Å². The van der Waals surface area contributed by atoms with Crippen LogP contribution in [-0.4, -0.2) is 10.7 Å². The fourth-order valence-electron chi connectivity index (χ4n) is 1.75. The van der Waals surface area contributed by atoms with Crippen LogP contribution >= 0.6 is 11.6 Å². The summed E-state index contributed by atoms with van der Waals surface area (Å²) in [6.45, 7) is 0. The number of nitrogens with zero attached hydrogens (tertiary/aromatic N) is 1. The summed E-state index contributed by atoms with van der Waals surface area (Å²) in [4.78, 5) is 22.2. The maximum Gasteiger partial charge on any atom is 0.270 e. The second-order valence-corrected chi connectivity index (χ2v) is 4.52. The van der Waals surface area contributed by atoms with Crippen LogP contribution in [0.2, 0.25) is 5.02 Å². The quantitative estimate of drug-likeness (QED) is 0.489. The number of halogens is 2.